The zero-order chi connectivity index (χ0) is 25.9. The fraction of sp³-hybridized carbons (Fsp3) is 0.808. The van der Waals surface area contributed by atoms with E-state index in [1.54, 1.807) is 0 Å². The molecule has 0 amide bonds. The predicted octanol–water partition coefficient (Wildman–Crippen LogP) is 1.67. The van der Waals surface area contributed by atoms with Gasteiger partial charge in [-0.2, -0.15) is 0 Å². The second-order valence-corrected chi connectivity index (χ2v) is 12.3. The van der Waals surface area contributed by atoms with Gasteiger partial charge < -0.3 is 29.2 Å². The molecule has 9 heteroatoms. The molecule has 5 aliphatic rings. The number of hydrogen-bond acceptors (Lipinski definition) is 9. The third-order valence-corrected chi connectivity index (χ3v) is 9.77. The largest absolute Gasteiger partial charge is 0.462 e. The fourth-order valence-corrected chi connectivity index (χ4v) is 9.20. The van der Waals surface area contributed by atoms with E-state index in [0.29, 0.717) is 12.0 Å². The number of aliphatic hydroxyl groups excluding tert-OH is 1. The Balaban J connectivity index is 1.68. The van der Waals surface area contributed by atoms with Crippen molar-refractivity contribution in [3.05, 3.63) is 12.2 Å². The lowest BCUT2D eigenvalue weighted by molar-refractivity contribution is -0.254. The summed E-state index contributed by atoms with van der Waals surface area (Å²) in [5, 5.41) is 23.0. The molecule has 35 heavy (non-hydrogen) atoms. The van der Waals surface area contributed by atoms with E-state index in [2.05, 4.69) is 13.5 Å². The lowest BCUT2D eigenvalue weighted by atomic mass is 9.39. The molecule has 11 atom stereocenters. The van der Waals surface area contributed by atoms with Crippen LogP contribution in [0.2, 0.25) is 0 Å². The van der Waals surface area contributed by atoms with E-state index < -0.39 is 70.1 Å². The van der Waals surface area contributed by atoms with Gasteiger partial charge in [0.25, 0.3) is 0 Å². The highest BCUT2D eigenvalue weighted by atomic mass is 16.6. The van der Waals surface area contributed by atoms with E-state index in [0.717, 1.165) is 0 Å². The average Bonchev–Trinajstić information content (AvgIpc) is 3.45. The molecule has 0 radical (unpaired) electrons. The summed E-state index contributed by atoms with van der Waals surface area (Å²) in [6, 6.07) is 0. The highest BCUT2D eigenvalue weighted by molar-refractivity contribution is 5.68. The van der Waals surface area contributed by atoms with E-state index in [-0.39, 0.29) is 31.0 Å². The van der Waals surface area contributed by atoms with Crippen LogP contribution in [0.25, 0.3) is 0 Å². The molecule has 1 aliphatic heterocycles. The zero-order valence-electron chi connectivity index (χ0n) is 21.2. The first-order valence-electron chi connectivity index (χ1n) is 12.4. The first-order valence-corrected chi connectivity index (χ1v) is 12.4. The van der Waals surface area contributed by atoms with E-state index in [4.69, 9.17) is 18.9 Å². The summed E-state index contributed by atoms with van der Waals surface area (Å²) in [7, 11) is 0. The van der Waals surface area contributed by atoms with Gasteiger partial charge in [-0.25, -0.2) is 0 Å². The third kappa shape index (κ3) is 3.13. The molecule has 4 aliphatic carbocycles. The number of ether oxygens (including phenoxy) is 4. The minimum Gasteiger partial charge on any atom is -0.462 e. The van der Waals surface area contributed by atoms with Crippen molar-refractivity contribution in [2.45, 2.75) is 103 Å². The van der Waals surface area contributed by atoms with E-state index in [1.165, 1.54) is 20.8 Å². The smallest absolute Gasteiger partial charge is 0.303 e. The molecular weight excluding hydrogens is 456 g/mol. The van der Waals surface area contributed by atoms with E-state index >= 15 is 0 Å². The highest BCUT2D eigenvalue weighted by Gasteiger charge is 2.84. The van der Waals surface area contributed by atoms with Crippen LogP contribution in [0.1, 0.15) is 60.8 Å². The highest BCUT2D eigenvalue weighted by Crippen LogP contribution is 2.77. The van der Waals surface area contributed by atoms with Crippen LogP contribution in [0.5, 0.6) is 0 Å². The molecule has 0 aromatic rings. The summed E-state index contributed by atoms with van der Waals surface area (Å²) in [5.74, 6) is -1.99. The number of carbonyl (C=O) groups is 3. The Kier molecular flexibility index (Phi) is 5.15. The van der Waals surface area contributed by atoms with Crippen LogP contribution in [-0.2, 0) is 33.3 Å². The third-order valence-electron chi connectivity index (χ3n) is 9.77. The molecule has 1 heterocycles. The van der Waals surface area contributed by atoms with Crippen molar-refractivity contribution in [2.24, 2.45) is 28.1 Å². The quantitative estimate of drug-likeness (QED) is 0.261. The van der Waals surface area contributed by atoms with Crippen molar-refractivity contribution in [2.75, 3.05) is 0 Å². The summed E-state index contributed by atoms with van der Waals surface area (Å²) in [6.45, 7) is 14.1. The van der Waals surface area contributed by atoms with Crippen molar-refractivity contribution in [3.8, 4) is 0 Å². The van der Waals surface area contributed by atoms with Crippen molar-refractivity contribution in [3.63, 3.8) is 0 Å². The van der Waals surface area contributed by atoms with Gasteiger partial charge in [0.2, 0.25) is 0 Å². The van der Waals surface area contributed by atoms with E-state index in [1.807, 2.05) is 13.8 Å². The molecular formula is C26H36O9. The first-order chi connectivity index (χ1) is 16.1. The SMILES string of the molecule is C=C1[C@@H](O)[C@]23C[C@@]1(O)C[C@H](OC(C)=O)[C@H]2[C@]1(C)C[C@H](OC(C)=O)[C@H](OC(C)=O)C(C)(C)[C@H]1[C@H]1O[C@H]13. The van der Waals surface area contributed by atoms with Crippen LogP contribution in [0.3, 0.4) is 0 Å². The van der Waals surface area contributed by atoms with Crippen molar-refractivity contribution in [1.82, 2.24) is 0 Å². The van der Waals surface area contributed by atoms with Crippen LogP contribution in [0.4, 0.5) is 0 Å². The van der Waals surface area contributed by atoms with Gasteiger partial charge in [0.15, 0.2) is 0 Å². The Hall–Kier alpha value is -1.97. The number of fused-ring (bicyclic) bond motifs is 5. The van der Waals surface area contributed by atoms with Gasteiger partial charge in [-0.3, -0.25) is 14.4 Å². The van der Waals surface area contributed by atoms with Crippen LogP contribution < -0.4 is 0 Å². The van der Waals surface area contributed by atoms with Crippen molar-refractivity contribution < 1.29 is 43.5 Å². The molecule has 4 saturated carbocycles. The van der Waals surface area contributed by atoms with Crippen LogP contribution in [-0.4, -0.2) is 70.3 Å². The molecule has 5 rings (SSSR count). The Morgan fingerprint density at radius 3 is 2.09 bits per heavy atom. The number of hydrogen-bond donors (Lipinski definition) is 2. The van der Waals surface area contributed by atoms with Gasteiger partial charge in [0.05, 0.1) is 23.9 Å². The molecule has 1 spiro atoms. The van der Waals surface area contributed by atoms with Crippen molar-refractivity contribution >= 4 is 17.9 Å². The molecule has 2 N–H and O–H groups in total. The number of rotatable bonds is 3. The van der Waals surface area contributed by atoms with Crippen LogP contribution in [0, 0.1) is 28.1 Å². The van der Waals surface area contributed by atoms with Gasteiger partial charge in [-0.15, -0.1) is 0 Å². The normalized spacial score (nSPS) is 50.8. The minimum atomic E-state index is -1.37. The Labute approximate surface area is 205 Å². The molecule has 9 nitrogen and oxygen atoms in total. The average molecular weight is 493 g/mol. The summed E-state index contributed by atoms with van der Waals surface area (Å²) < 4.78 is 23.7. The number of epoxide rings is 1. The van der Waals surface area contributed by atoms with E-state index in [9.17, 15) is 24.6 Å². The fourth-order valence-electron chi connectivity index (χ4n) is 9.20. The molecule has 194 valence electrons. The van der Waals surface area contributed by atoms with Crippen molar-refractivity contribution in [1.29, 1.82) is 0 Å². The zero-order valence-corrected chi connectivity index (χ0v) is 21.2. The molecule has 0 aromatic carbocycles. The van der Waals surface area contributed by atoms with Crippen LogP contribution >= 0.6 is 0 Å². The first kappa shape index (κ1) is 24.7. The summed E-state index contributed by atoms with van der Waals surface area (Å²) >= 11 is 0. The van der Waals surface area contributed by atoms with Crippen LogP contribution in [0.15, 0.2) is 12.2 Å². The maximum absolute atomic E-state index is 12.2. The maximum Gasteiger partial charge on any atom is 0.303 e. The van der Waals surface area contributed by atoms with Gasteiger partial charge in [-0.05, 0) is 23.8 Å². The molecule has 5 fully saturated rings. The van der Waals surface area contributed by atoms with Gasteiger partial charge in [0.1, 0.15) is 18.3 Å². The Morgan fingerprint density at radius 2 is 1.51 bits per heavy atom. The molecule has 0 unspecified atom stereocenters. The molecule has 0 aromatic heterocycles. The minimum absolute atomic E-state index is 0.126. The number of carbonyl (C=O) groups excluding carboxylic acids is 3. The van der Waals surface area contributed by atoms with Gasteiger partial charge >= 0.3 is 17.9 Å². The lowest BCUT2D eigenvalue weighted by Crippen LogP contribution is -2.71. The summed E-state index contributed by atoms with van der Waals surface area (Å²) in [6.07, 6.45) is -3.08. The predicted molar refractivity (Wildman–Crippen MR) is 121 cm³/mol. The lowest BCUT2D eigenvalue weighted by Gasteiger charge is -2.65. The second-order valence-electron chi connectivity index (χ2n) is 12.3. The summed E-state index contributed by atoms with van der Waals surface area (Å²) in [5.41, 5.74) is -3.25. The maximum atomic E-state index is 12.2. The standard InChI is InChI=1S/C26H36O9/c1-11-20(30)26-10-25(11,31)9-15(32-12(2)27)18(26)24(7)8-16(33-13(3)28)21(34-14(4)29)23(5,6)19(24)17-22(26)35-17/h15-22,30-31H,1,8-10H2,2-7H3/t15-,16-,17+,18-,19+,20+,21-,22+,24-,25-,26-/m0/s1. The topological polar surface area (TPSA) is 132 Å². The Bertz CT molecular complexity index is 1000. The van der Waals surface area contributed by atoms with Gasteiger partial charge in [-0.1, -0.05) is 27.4 Å². The number of esters is 3. The Morgan fingerprint density at radius 1 is 0.943 bits per heavy atom. The molecule has 2 bridgehead atoms. The monoisotopic (exact) mass is 492 g/mol. The summed E-state index contributed by atoms with van der Waals surface area (Å²) in [4.78, 5) is 36.4. The molecule has 1 saturated heterocycles. The second kappa shape index (κ2) is 7.29. The number of aliphatic hydroxyl groups is 2. The van der Waals surface area contributed by atoms with Gasteiger partial charge in [0, 0.05) is 49.9 Å².